The average Bonchev–Trinajstić information content (AvgIpc) is 3.13. The smallest absolute Gasteiger partial charge is 0.0829 e. The molecule has 1 saturated heterocycles. The number of likely N-dealkylation sites (N-methyl/N-ethyl adjacent to an activating group) is 1. The quantitative estimate of drug-likeness (QED) is 0.752. The summed E-state index contributed by atoms with van der Waals surface area (Å²) in [6, 6.07) is 0. The minimum atomic E-state index is 0.327. The van der Waals surface area contributed by atoms with Gasteiger partial charge in [0.05, 0.1) is 24.6 Å². The normalized spacial score (nSPS) is 24.4. The van der Waals surface area contributed by atoms with Crippen LogP contribution in [0.1, 0.15) is 18.5 Å². The van der Waals surface area contributed by atoms with Gasteiger partial charge in [-0.1, -0.05) is 5.21 Å². The Morgan fingerprint density at radius 1 is 1.40 bits per heavy atom. The summed E-state index contributed by atoms with van der Waals surface area (Å²) in [7, 11) is 4.16. The van der Waals surface area contributed by atoms with Crippen LogP contribution < -0.4 is 0 Å². The van der Waals surface area contributed by atoms with Gasteiger partial charge in [-0.3, -0.25) is 9.58 Å². The van der Waals surface area contributed by atoms with E-state index in [1.807, 2.05) is 17.9 Å². The number of hydrogen-bond donors (Lipinski definition) is 0. The molecular formula is C14H25N5O. The van der Waals surface area contributed by atoms with Gasteiger partial charge in [0.15, 0.2) is 0 Å². The van der Waals surface area contributed by atoms with Crippen molar-refractivity contribution in [1.29, 1.82) is 0 Å². The molecule has 0 unspecified atom stereocenters. The second-order valence-electron chi connectivity index (χ2n) is 6.24. The fraction of sp³-hybridized carbons (Fsp3) is 0.857. The number of rotatable bonds is 6. The van der Waals surface area contributed by atoms with E-state index in [-0.39, 0.29) is 0 Å². The Bertz CT molecular complexity index is 431. The molecule has 0 spiro atoms. The van der Waals surface area contributed by atoms with E-state index in [9.17, 15) is 0 Å². The molecule has 0 aromatic carbocycles. The molecule has 2 heterocycles. The van der Waals surface area contributed by atoms with E-state index in [2.05, 4.69) is 27.2 Å². The van der Waals surface area contributed by atoms with Crippen LogP contribution in [0.3, 0.4) is 0 Å². The van der Waals surface area contributed by atoms with Crippen LogP contribution in [0, 0.1) is 5.92 Å². The van der Waals surface area contributed by atoms with Gasteiger partial charge in [-0.15, -0.1) is 5.10 Å². The number of aromatic nitrogens is 3. The van der Waals surface area contributed by atoms with E-state index < -0.39 is 0 Å². The molecule has 0 radical (unpaired) electrons. The Labute approximate surface area is 120 Å². The maximum atomic E-state index is 5.91. The van der Waals surface area contributed by atoms with Crippen LogP contribution in [-0.4, -0.2) is 70.7 Å². The van der Waals surface area contributed by atoms with Crippen molar-refractivity contribution in [2.45, 2.75) is 25.5 Å². The maximum absolute atomic E-state index is 5.91. The van der Waals surface area contributed by atoms with Crippen LogP contribution >= 0.6 is 0 Å². The average molecular weight is 279 g/mol. The van der Waals surface area contributed by atoms with Gasteiger partial charge < -0.3 is 9.64 Å². The molecule has 1 aromatic rings. The minimum Gasteiger partial charge on any atom is -0.374 e. The third kappa shape index (κ3) is 3.77. The lowest BCUT2D eigenvalue weighted by molar-refractivity contribution is -0.0440. The first-order valence-corrected chi connectivity index (χ1v) is 7.57. The fourth-order valence-corrected chi connectivity index (χ4v) is 2.88. The molecule has 2 aliphatic rings. The molecule has 2 fully saturated rings. The minimum absolute atomic E-state index is 0.327. The van der Waals surface area contributed by atoms with E-state index in [1.54, 1.807) is 0 Å². The number of aryl methyl sites for hydroxylation is 1. The number of morpholine rings is 1. The first-order chi connectivity index (χ1) is 9.70. The van der Waals surface area contributed by atoms with Gasteiger partial charge >= 0.3 is 0 Å². The zero-order valence-electron chi connectivity index (χ0n) is 12.5. The monoisotopic (exact) mass is 279 g/mol. The molecule has 1 atom stereocenters. The van der Waals surface area contributed by atoms with Gasteiger partial charge in [0.2, 0.25) is 0 Å². The van der Waals surface area contributed by atoms with Crippen molar-refractivity contribution in [2.24, 2.45) is 13.0 Å². The predicted molar refractivity (Wildman–Crippen MR) is 76.2 cm³/mol. The van der Waals surface area contributed by atoms with Crippen molar-refractivity contribution in [3.63, 3.8) is 0 Å². The van der Waals surface area contributed by atoms with Crippen molar-refractivity contribution < 1.29 is 4.74 Å². The molecule has 0 amide bonds. The van der Waals surface area contributed by atoms with Gasteiger partial charge in [-0.05, 0) is 25.8 Å². The van der Waals surface area contributed by atoms with E-state index in [0.29, 0.717) is 6.10 Å². The van der Waals surface area contributed by atoms with Crippen LogP contribution in [0.25, 0.3) is 0 Å². The van der Waals surface area contributed by atoms with Crippen LogP contribution in [0.15, 0.2) is 6.20 Å². The van der Waals surface area contributed by atoms with E-state index in [0.717, 1.165) is 44.4 Å². The van der Waals surface area contributed by atoms with Crippen LogP contribution in [0.2, 0.25) is 0 Å². The molecular weight excluding hydrogens is 254 g/mol. The first kappa shape index (κ1) is 14.0. The molecule has 3 rings (SSSR count). The van der Waals surface area contributed by atoms with E-state index in [4.69, 9.17) is 4.74 Å². The van der Waals surface area contributed by atoms with Crippen LogP contribution in [-0.2, 0) is 18.3 Å². The summed E-state index contributed by atoms with van der Waals surface area (Å²) in [5, 5.41) is 7.93. The standard InChI is InChI=1S/C14H25N5O/c1-17(8-12-3-4-12)10-14-11-19(5-6-20-14)9-13-7-15-16-18(13)2/h7,12,14H,3-6,8-11H2,1-2H3/t14-/m1/s1. The Morgan fingerprint density at radius 2 is 2.25 bits per heavy atom. The van der Waals surface area contributed by atoms with Gasteiger partial charge in [-0.2, -0.15) is 0 Å². The van der Waals surface area contributed by atoms with Gasteiger partial charge in [0, 0.05) is 39.8 Å². The Morgan fingerprint density at radius 3 is 2.95 bits per heavy atom. The predicted octanol–water partition coefficient (Wildman–Crippen LogP) is 0.358. The lowest BCUT2D eigenvalue weighted by Crippen LogP contribution is -2.47. The van der Waals surface area contributed by atoms with Crippen molar-refractivity contribution in [3.8, 4) is 0 Å². The van der Waals surface area contributed by atoms with Gasteiger partial charge in [0.25, 0.3) is 0 Å². The van der Waals surface area contributed by atoms with Crippen molar-refractivity contribution in [3.05, 3.63) is 11.9 Å². The molecule has 112 valence electrons. The SMILES string of the molecule is CN(CC1CC1)C[C@@H]1CN(Cc2cnnn2C)CCO1. The summed E-state index contributed by atoms with van der Waals surface area (Å²) in [6.07, 6.45) is 5.00. The molecule has 20 heavy (non-hydrogen) atoms. The second-order valence-corrected chi connectivity index (χ2v) is 6.24. The third-order valence-corrected chi connectivity index (χ3v) is 4.20. The molecule has 1 aromatic heterocycles. The Hall–Kier alpha value is -0.980. The molecule has 0 N–H and O–H groups in total. The van der Waals surface area contributed by atoms with Crippen molar-refractivity contribution in [1.82, 2.24) is 24.8 Å². The second kappa shape index (κ2) is 6.20. The lowest BCUT2D eigenvalue weighted by atomic mass is 10.2. The largest absolute Gasteiger partial charge is 0.374 e. The number of hydrogen-bond acceptors (Lipinski definition) is 5. The van der Waals surface area contributed by atoms with Crippen LogP contribution in [0.5, 0.6) is 0 Å². The highest BCUT2D eigenvalue weighted by Gasteiger charge is 2.26. The van der Waals surface area contributed by atoms with Crippen molar-refractivity contribution >= 4 is 0 Å². The van der Waals surface area contributed by atoms with Crippen molar-refractivity contribution in [2.75, 3.05) is 39.8 Å². The summed E-state index contributed by atoms with van der Waals surface area (Å²) in [5.41, 5.74) is 1.16. The molecule has 1 aliphatic carbocycles. The zero-order chi connectivity index (χ0) is 13.9. The lowest BCUT2D eigenvalue weighted by Gasteiger charge is -2.34. The van der Waals surface area contributed by atoms with E-state index >= 15 is 0 Å². The highest BCUT2D eigenvalue weighted by atomic mass is 16.5. The van der Waals surface area contributed by atoms with E-state index in [1.165, 1.54) is 19.4 Å². The number of ether oxygens (including phenoxy) is 1. The molecule has 1 saturated carbocycles. The molecule has 6 heteroatoms. The molecule has 6 nitrogen and oxygen atoms in total. The topological polar surface area (TPSA) is 46.4 Å². The van der Waals surface area contributed by atoms with Gasteiger partial charge in [0.1, 0.15) is 0 Å². The summed E-state index contributed by atoms with van der Waals surface area (Å²) < 4.78 is 7.76. The Balaban J connectivity index is 1.47. The summed E-state index contributed by atoms with van der Waals surface area (Å²) >= 11 is 0. The summed E-state index contributed by atoms with van der Waals surface area (Å²) in [6.45, 7) is 6.00. The molecule has 0 bridgehead atoms. The summed E-state index contributed by atoms with van der Waals surface area (Å²) in [5.74, 6) is 0.945. The summed E-state index contributed by atoms with van der Waals surface area (Å²) in [4.78, 5) is 4.87. The molecule has 1 aliphatic heterocycles. The third-order valence-electron chi connectivity index (χ3n) is 4.20. The first-order valence-electron chi connectivity index (χ1n) is 7.57. The maximum Gasteiger partial charge on any atom is 0.0829 e. The highest BCUT2D eigenvalue weighted by Crippen LogP contribution is 2.29. The zero-order valence-corrected chi connectivity index (χ0v) is 12.5. The Kier molecular flexibility index (Phi) is 4.33. The fourth-order valence-electron chi connectivity index (χ4n) is 2.88. The number of nitrogens with zero attached hydrogens (tertiary/aromatic N) is 5. The highest BCUT2D eigenvalue weighted by molar-refractivity contribution is 4.94. The van der Waals surface area contributed by atoms with Gasteiger partial charge in [-0.25, -0.2) is 0 Å². The van der Waals surface area contributed by atoms with Crippen LogP contribution in [0.4, 0.5) is 0 Å².